The Morgan fingerprint density at radius 3 is 0.562 bits per heavy atom. The van der Waals surface area contributed by atoms with Gasteiger partial charge in [-0.05, 0) is 154 Å². The third-order valence-corrected chi connectivity index (χ3v) is 22.2. The molecule has 0 atom stereocenters. The first-order valence-electron chi connectivity index (χ1n) is 21.1. The molecular weight excluding hydrogens is 750 g/mol. The Bertz CT molecular complexity index is 740. The minimum Gasteiger partial charge on any atom is -0.0623 e. The van der Waals surface area contributed by atoms with Gasteiger partial charge < -0.3 is 0 Å². The van der Waals surface area contributed by atoms with E-state index in [1.807, 2.05) is 36.4 Å². The maximum Gasteiger partial charge on any atom is -0.0623 e. The summed E-state index contributed by atoms with van der Waals surface area (Å²) in [7, 11) is 10.1. The molecule has 0 amide bonds. The van der Waals surface area contributed by atoms with Crippen molar-refractivity contribution in [2.45, 2.75) is 227 Å². The first-order valence-corrected chi connectivity index (χ1v) is 30.3. The number of rotatable bonds is 6. The van der Waals surface area contributed by atoms with Gasteiger partial charge in [0.2, 0.25) is 0 Å². The molecule has 48 heavy (non-hydrogen) atoms. The van der Waals surface area contributed by atoms with Crippen LogP contribution in [0.1, 0.15) is 193 Å². The van der Waals surface area contributed by atoms with Crippen LogP contribution in [-0.4, -0.2) is 39.1 Å². The van der Waals surface area contributed by atoms with E-state index >= 15 is 0 Å². The first kappa shape index (κ1) is 41.9. The molecule has 6 aliphatic carbocycles. The van der Waals surface area contributed by atoms with Crippen LogP contribution in [0, 0.1) is 0 Å². The monoisotopic (exact) mass is 826 g/mol. The van der Waals surface area contributed by atoms with E-state index in [0.717, 1.165) is 0 Å². The van der Waals surface area contributed by atoms with Crippen molar-refractivity contribution in [1.29, 1.82) is 0 Å². The molecule has 1 aromatic rings. The average Bonchev–Trinajstić information content (AvgIpc) is 3.16. The molecule has 0 unspecified atom stereocenters. The van der Waals surface area contributed by atoms with E-state index in [-0.39, 0.29) is 15.8 Å². The molecule has 0 nitrogen and oxygen atoms in total. The summed E-state index contributed by atoms with van der Waals surface area (Å²) in [5.41, 5.74) is 7.36. The summed E-state index contributed by atoms with van der Waals surface area (Å²) in [5, 5.41) is 3.31. The van der Waals surface area contributed by atoms with Gasteiger partial charge in [0.15, 0.2) is 0 Å². The van der Waals surface area contributed by atoms with Gasteiger partial charge in [0.05, 0.1) is 34.0 Å². The van der Waals surface area contributed by atoms with Crippen LogP contribution in [0.2, 0.25) is 0 Å². The van der Waals surface area contributed by atoms with E-state index in [9.17, 15) is 0 Å². The van der Waals surface area contributed by atoms with Gasteiger partial charge in [0, 0.05) is 15.8 Å². The molecule has 0 heterocycles. The molecule has 0 aromatic heterocycles. The van der Waals surface area contributed by atoms with Crippen molar-refractivity contribution in [2.24, 2.45) is 0 Å². The van der Waals surface area contributed by atoms with Crippen molar-refractivity contribution < 1.29 is 13.5 Å². The Kier molecular flexibility index (Phi) is 22.7. The van der Waals surface area contributed by atoms with Crippen LogP contribution in [-0.2, 0) is 13.5 Å². The Morgan fingerprint density at radius 1 is 0.312 bits per heavy atom. The Morgan fingerprint density at radius 2 is 0.438 bits per heavy atom. The van der Waals surface area contributed by atoms with E-state index in [4.69, 9.17) is 19.4 Å². The summed E-state index contributed by atoms with van der Waals surface area (Å²) in [6.07, 6.45) is 47.6. The fraction of sp³-hybridized carbons (Fsp3) is 0.837. The summed E-state index contributed by atoms with van der Waals surface area (Å²) in [6.45, 7) is 0. The van der Waals surface area contributed by atoms with Gasteiger partial charge in [-0.15, -0.1) is 0 Å². The van der Waals surface area contributed by atoms with Crippen LogP contribution in [0.5, 0.6) is 0 Å². The van der Waals surface area contributed by atoms with Crippen LogP contribution in [0.25, 0.3) is 0 Å². The third kappa shape index (κ3) is 16.0. The fourth-order valence-electron chi connectivity index (χ4n) is 11.0. The normalized spacial score (nSPS) is 24.8. The van der Waals surface area contributed by atoms with Gasteiger partial charge in [-0.25, -0.2) is 0 Å². The van der Waals surface area contributed by atoms with E-state index in [1.54, 1.807) is 193 Å². The minimum atomic E-state index is -1.48. The second-order valence-corrected chi connectivity index (χ2v) is 29.1. The maximum atomic E-state index is 5.07. The Hall–Kier alpha value is 1.15. The van der Waals surface area contributed by atoms with Crippen molar-refractivity contribution in [3.05, 3.63) is 36.4 Å². The van der Waals surface area contributed by atoms with E-state index < -0.39 is 13.5 Å². The van der Waals surface area contributed by atoms with Crippen molar-refractivity contribution in [3.63, 3.8) is 0 Å². The zero-order chi connectivity index (χ0) is 33.7. The van der Waals surface area contributed by atoms with Crippen LogP contribution in [0.3, 0.4) is 0 Å². The van der Waals surface area contributed by atoms with Crippen molar-refractivity contribution in [2.75, 3.05) is 0 Å². The van der Waals surface area contributed by atoms with Gasteiger partial charge in [-0.1, -0.05) is 74.9 Å². The van der Waals surface area contributed by atoms with Gasteiger partial charge in [-0.3, -0.25) is 0 Å². The molecule has 6 saturated carbocycles. The molecule has 6 aliphatic rings. The zero-order valence-electron chi connectivity index (χ0n) is 31.0. The molecule has 0 aliphatic heterocycles. The zero-order valence-corrected chi connectivity index (χ0v) is 36.2. The first-order chi connectivity index (χ1) is 23.6. The predicted octanol–water partition coefficient (Wildman–Crippen LogP) is 15.4. The minimum absolute atomic E-state index is 0.0465. The topological polar surface area (TPSA) is 0 Å². The molecular formula is C43H76Cl2P2Ru+2. The number of hydrogen-bond acceptors (Lipinski definition) is 0. The molecule has 0 N–H and O–H groups in total. The van der Waals surface area contributed by atoms with Gasteiger partial charge >= 0.3 is 38.0 Å². The molecule has 278 valence electrons. The average molecular weight is 827 g/mol. The molecule has 1 aromatic carbocycles. The van der Waals surface area contributed by atoms with Crippen LogP contribution >= 0.6 is 35.2 Å². The Balaban J connectivity index is 0.000000169. The molecule has 0 bridgehead atoms. The predicted molar refractivity (Wildman–Crippen MR) is 223 cm³/mol. The molecule has 0 spiro atoms. The number of halogens is 2. The quantitative estimate of drug-likeness (QED) is 0.198. The smallest absolute Gasteiger partial charge is 0.0623 e. The second kappa shape index (κ2) is 26.0. The molecule has 0 saturated heterocycles. The third-order valence-electron chi connectivity index (χ3n) is 13.1. The number of benzene rings is 1. The Labute approximate surface area is 314 Å². The maximum absolute atomic E-state index is 5.07. The van der Waals surface area contributed by atoms with Crippen LogP contribution in [0.15, 0.2) is 36.4 Å². The second-order valence-electron chi connectivity index (χ2n) is 16.4. The number of hydrogen-bond donors (Lipinski definition) is 0. The van der Waals surface area contributed by atoms with Gasteiger partial charge in [-0.2, -0.15) is 0 Å². The van der Waals surface area contributed by atoms with Crippen molar-refractivity contribution in [3.8, 4) is 0 Å². The molecule has 7 rings (SSSR count). The summed E-state index contributed by atoms with van der Waals surface area (Å²) >= 11 is -1.48. The van der Waals surface area contributed by atoms with E-state index in [2.05, 4.69) is 5.11 Å². The summed E-state index contributed by atoms with van der Waals surface area (Å²) in [4.78, 5) is 0. The fourth-order valence-corrected chi connectivity index (χ4v) is 21.4. The standard InChI is InChI=1S/2C18H33P.C6H6.CH2.2ClH.Ru/c2*1-4-10-16(11-5-1)19(17-12-6-2-7-13-17)18-14-8-3-9-15-18;1-2-4-6-5-3-1;;;;/h2*16-18H,1-15H2;1-6H;1H2;2*1H;/q;;;;;;+2. The molecule has 0 radical (unpaired) electrons. The summed E-state index contributed by atoms with van der Waals surface area (Å²) in [6, 6.07) is 12.0. The SMILES string of the molecule is C1CCC([PH+](C2CCCCC2)C2CCCCC2)CC1.C1CCC([PH+](C2CCCCC2)C2CCCCC2)CC1.[CH2]=[Ru]([Cl])[Cl].c1ccccc1. The van der Waals surface area contributed by atoms with E-state index in [0.29, 0.717) is 0 Å². The van der Waals surface area contributed by atoms with Crippen LogP contribution < -0.4 is 0 Å². The van der Waals surface area contributed by atoms with Crippen molar-refractivity contribution in [1.82, 2.24) is 0 Å². The van der Waals surface area contributed by atoms with E-state index in [1.165, 1.54) is 34.0 Å². The largest absolute Gasteiger partial charge is 0.0623 e. The molecule has 6 fully saturated rings. The summed E-state index contributed by atoms with van der Waals surface area (Å²) in [5.74, 6) is 0. The van der Waals surface area contributed by atoms with Crippen molar-refractivity contribution >= 4 is 40.3 Å². The van der Waals surface area contributed by atoms with Crippen LogP contribution in [0.4, 0.5) is 0 Å². The van der Waals surface area contributed by atoms with Gasteiger partial charge in [0.25, 0.3) is 0 Å². The summed E-state index contributed by atoms with van der Waals surface area (Å²) < 4.78 is 0. The molecule has 5 heteroatoms. The van der Waals surface area contributed by atoms with Gasteiger partial charge in [0.1, 0.15) is 0 Å².